The van der Waals surface area contributed by atoms with Gasteiger partial charge in [0.1, 0.15) is 36.4 Å². The van der Waals surface area contributed by atoms with Crippen molar-refractivity contribution in [3.63, 3.8) is 0 Å². The minimum atomic E-state index is -4.09. The van der Waals surface area contributed by atoms with Crippen molar-refractivity contribution in [2.75, 3.05) is 42.4 Å². The number of aryl methyl sites for hydroxylation is 1. The normalized spacial score (nSPS) is 19.7. The Morgan fingerprint density at radius 2 is 1.10 bits per heavy atom. The van der Waals surface area contributed by atoms with Crippen molar-refractivity contribution in [2.45, 2.75) is 111 Å². The van der Waals surface area contributed by atoms with E-state index >= 15 is 0 Å². The lowest BCUT2D eigenvalue weighted by Gasteiger charge is -2.18. The van der Waals surface area contributed by atoms with Gasteiger partial charge in [-0.15, -0.1) is 22.7 Å². The number of hydrogen-bond donors (Lipinski definition) is 8. The van der Waals surface area contributed by atoms with E-state index in [1.807, 2.05) is 158 Å². The molecule has 13 rings (SSSR count). The number of ketones is 3. The van der Waals surface area contributed by atoms with Gasteiger partial charge >= 0.3 is 30.9 Å². The van der Waals surface area contributed by atoms with Crippen LogP contribution in [0.4, 0.5) is 17.3 Å². The van der Waals surface area contributed by atoms with Crippen LogP contribution in [0.2, 0.25) is 5.02 Å². The van der Waals surface area contributed by atoms with E-state index in [9.17, 15) is 55.0 Å². The number of benzene rings is 4. The van der Waals surface area contributed by atoms with Crippen LogP contribution in [0.3, 0.4) is 0 Å². The van der Waals surface area contributed by atoms with Crippen LogP contribution in [0.25, 0.3) is 0 Å². The lowest BCUT2D eigenvalue weighted by atomic mass is 9.96. The van der Waals surface area contributed by atoms with Crippen LogP contribution in [0.15, 0.2) is 191 Å². The minimum absolute atomic E-state index is 0.0237. The summed E-state index contributed by atoms with van der Waals surface area (Å²) in [5.41, 5.74) is 6.61. The molecule has 11 N–H and O–H groups in total. The highest BCUT2D eigenvalue weighted by Gasteiger charge is 2.38. The van der Waals surface area contributed by atoms with Crippen molar-refractivity contribution < 1.29 is 71.9 Å². The zero-order valence-corrected chi connectivity index (χ0v) is 65.1. The molecule has 3 aliphatic carbocycles. The molecule has 0 saturated heterocycles. The Morgan fingerprint density at radius 3 is 1.65 bits per heavy atom. The average Bonchev–Trinajstić information content (AvgIpc) is 1.66. The number of hydrogen-bond acceptors (Lipinski definition) is 28. The van der Waals surface area contributed by atoms with Crippen LogP contribution < -0.4 is 31.0 Å². The number of thiophene rings is 2. The Labute approximate surface area is 654 Å². The maximum Gasteiger partial charge on any atom is 0.333 e. The molecule has 0 spiro atoms. The molecular weight excluding hydrogens is 1550 g/mol. The Balaban J connectivity index is 0.000000164. The lowest BCUT2D eigenvalue weighted by Crippen LogP contribution is -2.24. The van der Waals surface area contributed by atoms with E-state index in [0.29, 0.717) is 113 Å². The molecule has 0 bridgehead atoms. The second-order valence-corrected chi connectivity index (χ2v) is 34.3. The van der Waals surface area contributed by atoms with Crippen molar-refractivity contribution >= 4 is 112 Å². The standard InChI is InChI=1S/C30H31N3O6S.C23H26ClN5O5S2.C22H24N4O5S3/c31-40(36,37)38-18-24-12-22(14-27(24)34)13-26-25(17-32-19-33-26)30(35)29-16-23(11-20-7-3-1-4-8-20)28(39-29)15-21-9-5-2-6-10-21;1-29(18-4-2-3-16(24)7-18)10-14-5-21(35-12-14)22(31)19-9-26-13-27-23(19)28-17-6-15(20(30)8-17)11-34-36(25,32)33;1-13-19(33-16-5-3-2-4-6-16)9-20(32-13)21(28)17-10-24-12-25-22(17)26-15-7-14(18(27)8-15)11-31-34(23,29)30/h1-10,16-17,19,22,24,27,34H,11-15,18H2,(H2,31,36,37);2-5,7,9,12-13,15,17,20,30H,6,8,10-11H2,1H3,(H2,25,32,33)(H,26,27,28);2-6,9-10,12,14-15,18,27H,7-8,11H2,1H3,(H2,23,29,30)(H,24,25,26)/t22-,24+,27-;15-,17-,20+;14-,15-,18+/m011/s1. The summed E-state index contributed by atoms with van der Waals surface area (Å²) in [4.78, 5) is 71.7. The van der Waals surface area contributed by atoms with E-state index in [1.165, 1.54) is 60.2 Å². The number of aliphatic hydroxyl groups excluding tert-OH is 3. The summed E-state index contributed by atoms with van der Waals surface area (Å²) in [6.45, 7) is 1.98. The Morgan fingerprint density at radius 1 is 0.591 bits per heavy atom. The molecule has 35 heteroatoms. The SMILES string of the molecule is CN(Cc1csc(C(=O)c2cncnc2N[C@@H]2C[C@H](COS(N)(=O)=O)[C@@H](O)C2)c1)c1cccc(Cl)c1.Cc1sc(C(=O)c2cncnc2N[C@@H]2C[C@H](COS(N)(=O)=O)[C@@H](O)C2)cc1Sc1ccccc1.NS(=O)(=O)OC[C@H]1C[C@@H](Cc2ncncc2C(=O)c2cc(Cc3ccccc3)c(Cc3ccccc3)o2)C[C@@H]1O. The first-order chi connectivity index (χ1) is 52.5. The number of rotatable bonds is 30. The largest absolute Gasteiger partial charge is 0.457 e. The van der Waals surface area contributed by atoms with Crippen molar-refractivity contribution in [1.29, 1.82) is 0 Å². The van der Waals surface area contributed by atoms with Gasteiger partial charge in [-0.25, -0.2) is 45.3 Å². The summed E-state index contributed by atoms with van der Waals surface area (Å²) in [5, 5.41) is 54.7. The van der Waals surface area contributed by atoms with Gasteiger partial charge in [-0.05, 0) is 134 Å². The maximum absolute atomic E-state index is 13.7. The van der Waals surface area contributed by atoms with Crippen molar-refractivity contribution in [1.82, 2.24) is 29.9 Å². The van der Waals surface area contributed by atoms with Crippen LogP contribution in [0.5, 0.6) is 0 Å². The van der Waals surface area contributed by atoms with Crippen LogP contribution in [-0.2, 0) is 69.3 Å². The molecule has 3 fully saturated rings. The Hall–Kier alpha value is -8.66. The molecule has 3 aliphatic rings. The number of nitrogens with one attached hydrogen (secondary N) is 2. The maximum atomic E-state index is 13.7. The van der Waals surface area contributed by atoms with Gasteiger partial charge < -0.3 is 35.3 Å². The van der Waals surface area contributed by atoms with E-state index in [2.05, 4.69) is 48.9 Å². The average molecular weight is 1630 g/mol. The Bertz CT molecular complexity index is 5110. The van der Waals surface area contributed by atoms with Crippen LogP contribution >= 0.6 is 46.0 Å². The first-order valence-electron chi connectivity index (χ1n) is 34.7. The lowest BCUT2D eigenvalue weighted by molar-refractivity contribution is 0.0997. The number of halogens is 1. The second kappa shape index (κ2) is 37.6. The molecule has 10 aromatic rings. The van der Waals surface area contributed by atoms with Crippen molar-refractivity contribution in [2.24, 2.45) is 39.1 Å². The van der Waals surface area contributed by atoms with Crippen molar-refractivity contribution in [3.8, 4) is 0 Å². The highest BCUT2D eigenvalue weighted by atomic mass is 35.5. The summed E-state index contributed by atoms with van der Waals surface area (Å²) in [5.74, 6) is -0.271. The third-order valence-electron chi connectivity index (χ3n) is 18.7. The fraction of sp³-hybridized carbons (Fsp3) is 0.320. The fourth-order valence-corrected chi connectivity index (χ4v) is 17.5. The monoisotopic (exact) mass is 1630 g/mol. The number of anilines is 3. The van der Waals surface area contributed by atoms with E-state index in [-0.39, 0.29) is 66.9 Å². The molecule has 0 unspecified atom stereocenters. The zero-order valence-electron chi connectivity index (χ0n) is 59.5. The highest BCUT2D eigenvalue weighted by molar-refractivity contribution is 7.99. The van der Waals surface area contributed by atoms with Gasteiger partial charge in [-0.3, -0.25) is 26.9 Å². The van der Waals surface area contributed by atoms with E-state index in [4.69, 9.17) is 35.6 Å². The first-order valence-corrected chi connectivity index (χ1v) is 42.0. The molecule has 3 saturated carbocycles. The summed E-state index contributed by atoms with van der Waals surface area (Å²) in [6, 6.07) is 42.6. The minimum Gasteiger partial charge on any atom is -0.457 e. The Kier molecular flexibility index (Phi) is 28.1. The van der Waals surface area contributed by atoms with E-state index in [1.54, 1.807) is 11.8 Å². The molecule has 28 nitrogen and oxygen atoms in total. The van der Waals surface area contributed by atoms with Crippen LogP contribution in [0, 0.1) is 30.6 Å². The van der Waals surface area contributed by atoms with Crippen LogP contribution in [0.1, 0.15) is 124 Å². The smallest absolute Gasteiger partial charge is 0.333 e. The van der Waals surface area contributed by atoms with Gasteiger partial charge in [0.15, 0.2) is 5.76 Å². The van der Waals surface area contributed by atoms with Gasteiger partial charge in [-0.2, -0.15) is 25.3 Å². The van der Waals surface area contributed by atoms with Gasteiger partial charge in [0.05, 0.1) is 70.3 Å². The van der Waals surface area contributed by atoms with Gasteiger partial charge in [0.25, 0.3) is 0 Å². The van der Waals surface area contributed by atoms with Gasteiger partial charge in [-0.1, -0.05) is 108 Å². The summed E-state index contributed by atoms with van der Waals surface area (Å²) in [6.07, 6.45) is 10.3. The van der Waals surface area contributed by atoms with Crippen molar-refractivity contribution in [3.05, 3.63) is 252 Å². The molecular formula is C75H81ClN12O16S6. The number of carbonyl (C=O) groups excluding carboxylic acids is 3. The first kappa shape index (κ1) is 82.3. The predicted octanol–water partition coefficient (Wildman–Crippen LogP) is 9.46. The number of aromatic nitrogens is 6. The molecule has 0 amide bonds. The third-order valence-corrected chi connectivity index (χ3v) is 23.6. The van der Waals surface area contributed by atoms with E-state index < -0.39 is 61.1 Å². The molecule has 6 aromatic heterocycles. The number of aliphatic hydroxyl groups is 3. The molecule has 0 aliphatic heterocycles. The second-order valence-electron chi connectivity index (χ2n) is 26.9. The number of nitrogens with two attached hydrogens (primary N) is 3. The predicted molar refractivity (Wildman–Crippen MR) is 416 cm³/mol. The van der Waals surface area contributed by atoms with E-state index in [0.717, 1.165) is 48.4 Å². The molecule has 6 heterocycles. The summed E-state index contributed by atoms with van der Waals surface area (Å²) in [7, 11) is -10.3. The number of furan rings is 1. The van der Waals surface area contributed by atoms with Crippen LogP contribution in [-0.4, -0.2) is 145 Å². The summed E-state index contributed by atoms with van der Waals surface area (Å²) >= 11 is 10.5. The zero-order chi connectivity index (χ0) is 78.3. The molecule has 0 radical (unpaired) electrons. The molecule has 580 valence electrons. The fourth-order valence-electron chi connectivity index (χ4n) is 13.3. The number of nitrogens with zero attached hydrogens (tertiary/aromatic N) is 7. The third kappa shape index (κ3) is 23.7. The quantitative estimate of drug-likeness (QED) is 0.0194. The molecule has 4 aromatic carbocycles. The summed E-state index contributed by atoms with van der Waals surface area (Å²) < 4.78 is 86.7. The number of carbonyl (C=O) groups is 3. The van der Waals surface area contributed by atoms with Gasteiger partial charge in [0.2, 0.25) is 17.3 Å². The molecule has 9 atom stereocenters. The highest BCUT2D eigenvalue weighted by Crippen LogP contribution is 2.39. The molecule has 110 heavy (non-hydrogen) atoms. The topological polar surface area (TPSA) is 438 Å². The van der Waals surface area contributed by atoms with Gasteiger partial charge in [0, 0.05) is 100 Å².